The zero-order valence-corrected chi connectivity index (χ0v) is 12.8. The normalized spacial score (nSPS) is 11.0. The van der Waals surface area contributed by atoms with E-state index < -0.39 is 20.7 Å². The first-order valence-corrected chi connectivity index (χ1v) is 7.87. The van der Waals surface area contributed by atoms with E-state index in [0.717, 1.165) is 12.1 Å². The van der Waals surface area contributed by atoms with E-state index >= 15 is 0 Å². The lowest BCUT2D eigenvalue weighted by molar-refractivity contribution is -0.384. The van der Waals surface area contributed by atoms with Gasteiger partial charge in [-0.15, -0.1) is 0 Å². The van der Waals surface area contributed by atoms with Crippen molar-refractivity contribution >= 4 is 32.9 Å². The van der Waals surface area contributed by atoms with Gasteiger partial charge in [-0.05, 0) is 37.3 Å². The third kappa shape index (κ3) is 3.64. The summed E-state index contributed by atoms with van der Waals surface area (Å²) in [5, 5.41) is 10.8. The van der Waals surface area contributed by atoms with E-state index in [9.17, 15) is 23.3 Å². The number of ketones is 1. The van der Waals surface area contributed by atoms with Crippen LogP contribution in [0.2, 0.25) is 0 Å². The Balaban J connectivity index is 2.44. The molecule has 0 saturated heterocycles. The van der Waals surface area contributed by atoms with Crippen LogP contribution < -0.4 is 10.5 Å². The quantitative estimate of drug-likeness (QED) is 0.372. The molecule has 3 N–H and O–H groups in total. The molecule has 0 fully saturated rings. The number of anilines is 2. The molecule has 0 atom stereocenters. The van der Waals surface area contributed by atoms with Crippen molar-refractivity contribution in [3.05, 3.63) is 58.1 Å². The maximum atomic E-state index is 12.3. The Morgan fingerprint density at radius 2 is 1.78 bits per heavy atom. The second-order valence-electron chi connectivity index (χ2n) is 4.72. The number of rotatable bonds is 5. The molecule has 2 rings (SSSR count). The van der Waals surface area contributed by atoms with Gasteiger partial charge in [0.05, 0.1) is 15.5 Å². The standard InChI is InChI=1S/C14H13N3O5S/c1-9(18)13-8-11(17(19)20)4-7-14(13)16-23(21,22)12-5-2-10(15)3-6-12/h2-8,16H,15H2,1H3. The molecule has 0 aliphatic carbocycles. The van der Waals surface area contributed by atoms with Crippen molar-refractivity contribution in [2.24, 2.45) is 0 Å². The Hall–Kier alpha value is -2.94. The Kier molecular flexibility index (Phi) is 4.32. The van der Waals surface area contributed by atoms with Crippen molar-refractivity contribution in [3.63, 3.8) is 0 Å². The van der Waals surface area contributed by atoms with Crippen LogP contribution in [0.3, 0.4) is 0 Å². The minimum atomic E-state index is -3.95. The van der Waals surface area contributed by atoms with Crippen LogP contribution >= 0.6 is 0 Å². The van der Waals surface area contributed by atoms with Crippen LogP contribution in [0.15, 0.2) is 47.4 Å². The smallest absolute Gasteiger partial charge is 0.270 e. The first-order chi connectivity index (χ1) is 10.7. The van der Waals surface area contributed by atoms with Gasteiger partial charge in [-0.2, -0.15) is 0 Å². The lowest BCUT2D eigenvalue weighted by atomic mass is 10.1. The fourth-order valence-electron chi connectivity index (χ4n) is 1.88. The molecule has 0 aliphatic heterocycles. The van der Waals surface area contributed by atoms with Crippen molar-refractivity contribution in [1.82, 2.24) is 0 Å². The molecule has 0 spiro atoms. The summed E-state index contributed by atoms with van der Waals surface area (Å²) in [6.45, 7) is 1.19. The third-order valence-electron chi connectivity index (χ3n) is 3.03. The summed E-state index contributed by atoms with van der Waals surface area (Å²) < 4.78 is 26.9. The third-order valence-corrected chi connectivity index (χ3v) is 4.41. The predicted octanol–water partition coefficient (Wildman–Crippen LogP) is 2.18. The molecular formula is C14H13N3O5S. The number of non-ortho nitro benzene ring substituents is 1. The zero-order chi connectivity index (χ0) is 17.2. The molecule has 8 nitrogen and oxygen atoms in total. The van der Waals surface area contributed by atoms with Crippen LogP contribution in [0.1, 0.15) is 17.3 Å². The van der Waals surface area contributed by atoms with E-state index in [4.69, 9.17) is 5.73 Å². The minimum Gasteiger partial charge on any atom is -0.399 e. The molecule has 0 heterocycles. The van der Waals surface area contributed by atoms with E-state index in [1.807, 2.05) is 0 Å². The lowest BCUT2D eigenvalue weighted by Crippen LogP contribution is -2.15. The van der Waals surface area contributed by atoms with Gasteiger partial charge in [0.25, 0.3) is 15.7 Å². The number of Topliss-reactive ketones (excluding diaryl/α,β-unsaturated/α-hetero) is 1. The highest BCUT2D eigenvalue weighted by atomic mass is 32.2. The van der Waals surface area contributed by atoms with Gasteiger partial charge in [0.1, 0.15) is 0 Å². The highest BCUT2D eigenvalue weighted by Gasteiger charge is 2.19. The van der Waals surface area contributed by atoms with Gasteiger partial charge in [-0.1, -0.05) is 0 Å². The molecule has 120 valence electrons. The van der Waals surface area contributed by atoms with Gasteiger partial charge in [-0.3, -0.25) is 19.6 Å². The molecular weight excluding hydrogens is 322 g/mol. The van der Waals surface area contributed by atoms with E-state index in [0.29, 0.717) is 5.69 Å². The number of nitrogens with zero attached hydrogens (tertiary/aromatic N) is 1. The summed E-state index contributed by atoms with van der Waals surface area (Å²) in [4.78, 5) is 21.7. The predicted molar refractivity (Wildman–Crippen MR) is 84.8 cm³/mol. The van der Waals surface area contributed by atoms with Crippen LogP contribution in [0, 0.1) is 10.1 Å². The van der Waals surface area contributed by atoms with E-state index in [1.54, 1.807) is 0 Å². The lowest BCUT2D eigenvalue weighted by Gasteiger charge is -2.11. The minimum absolute atomic E-state index is 0.0278. The Morgan fingerprint density at radius 1 is 1.17 bits per heavy atom. The Morgan fingerprint density at radius 3 is 2.30 bits per heavy atom. The Labute approximate surface area is 132 Å². The summed E-state index contributed by atoms with van der Waals surface area (Å²) in [6.07, 6.45) is 0. The molecule has 0 aromatic heterocycles. The van der Waals surface area contributed by atoms with Crippen LogP contribution in [-0.2, 0) is 10.0 Å². The molecule has 0 bridgehead atoms. The van der Waals surface area contributed by atoms with E-state index in [2.05, 4.69) is 4.72 Å². The number of carbonyl (C=O) groups is 1. The number of benzene rings is 2. The van der Waals surface area contributed by atoms with Gasteiger partial charge in [0.2, 0.25) is 0 Å². The van der Waals surface area contributed by atoms with Crippen molar-refractivity contribution in [3.8, 4) is 0 Å². The van der Waals surface area contributed by atoms with Gasteiger partial charge in [0.15, 0.2) is 5.78 Å². The number of nitrogens with two attached hydrogens (primary N) is 1. The molecule has 23 heavy (non-hydrogen) atoms. The van der Waals surface area contributed by atoms with Gasteiger partial charge in [-0.25, -0.2) is 8.42 Å². The second-order valence-corrected chi connectivity index (χ2v) is 6.40. The van der Waals surface area contributed by atoms with E-state index in [-0.39, 0.29) is 21.8 Å². The summed E-state index contributed by atoms with van der Waals surface area (Å²) in [5.41, 5.74) is 5.50. The molecule has 2 aromatic carbocycles. The van der Waals surface area contributed by atoms with Crippen LogP contribution in [0.25, 0.3) is 0 Å². The number of hydrogen-bond acceptors (Lipinski definition) is 6. The average Bonchev–Trinajstić information content (AvgIpc) is 2.47. The highest BCUT2D eigenvalue weighted by molar-refractivity contribution is 7.92. The molecule has 9 heteroatoms. The SMILES string of the molecule is CC(=O)c1cc([N+](=O)[O-])ccc1NS(=O)(=O)c1ccc(N)cc1. The molecule has 0 radical (unpaired) electrons. The fraction of sp³-hybridized carbons (Fsp3) is 0.0714. The van der Waals surface area contributed by atoms with E-state index in [1.165, 1.54) is 37.3 Å². The number of sulfonamides is 1. The molecule has 0 saturated carbocycles. The largest absolute Gasteiger partial charge is 0.399 e. The van der Waals surface area contributed by atoms with Gasteiger partial charge in [0, 0.05) is 23.4 Å². The molecule has 0 aliphatic rings. The van der Waals surface area contributed by atoms with Crippen molar-refractivity contribution in [2.45, 2.75) is 11.8 Å². The molecule has 2 aromatic rings. The van der Waals surface area contributed by atoms with Crippen molar-refractivity contribution < 1.29 is 18.1 Å². The maximum absolute atomic E-state index is 12.3. The number of nitrogen functional groups attached to an aromatic ring is 1. The highest BCUT2D eigenvalue weighted by Crippen LogP contribution is 2.25. The van der Waals surface area contributed by atoms with Crippen LogP contribution in [-0.4, -0.2) is 19.1 Å². The number of nitrogens with one attached hydrogen (secondary N) is 1. The first-order valence-electron chi connectivity index (χ1n) is 6.38. The second kappa shape index (κ2) is 6.05. The number of nitro benzene ring substituents is 1. The maximum Gasteiger partial charge on any atom is 0.270 e. The first kappa shape index (κ1) is 16.4. The Bertz CT molecular complexity index is 876. The monoisotopic (exact) mass is 335 g/mol. The topological polar surface area (TPSA) is 132 Å². The van der Waals surface area contributed by atoms with Crippen molar-refractivity contribution in [1.29, 1.82) is 0 Å². The summed E-state index contributed by atoms with van der Waals surface area (Å²) in [5.74, 6) is -0.497. The summed E-state index contributed by atoms with van der Waals surface area (Å²) in [6, 6.07) is 8.82. The van der Waals surface area contributed by atoms with Gasteiger partial charge >= 0.3 is 0 Å². The summed E-state index contributed by atoms with van der Waals surface area (Å²) >= 11 is 0. The number of carbonyl (C=O) groups excluding carboxylic acids is 1. The fourth-order valence-corrected chi connectivity index (χ4v) is 2.96. The number of hydrogen-bond donors (Lipinski definition) is 2. The number of nitro groups is 1. The van der Waals surface area contributed by atoms with Gasteiger partial charge < -0.3 is 5.73 Å². The zero-order valence-electron chi connectivity index (χ0n) is 12.0. The molecule has 0 unspecified atom stereocenters. The summed E-state index contributed by atoms with van der Waals surface area (Å²) in [7, 11) is -3.95. The van der Waals surface area contributed by atoms with Crippen LogP contribution in [0.4, 0.5) is 17.1 Å². The van der Waals surface area contributed by atoms with Crippen molar-refractivity contribution in [2.75, 3.05) is 10.5 Å². The molecule has 0 amide bonds. The average molecular weight is 335 g/mol. The van der Waals surface area contributed by atoms with Crippen LogP contribution in [0.5, 0.6) is 0 Å².